The molecule has 0 radical (unpaired) electrons. The first-order valence-electron chi connectivity index (χ1n) is 6.51. The molecule has 2 aromatic carbocycles. The number of nitrogens with two attached hydrogens (primary N) is 1. The van der Waals surface area contributed by atoms with Crippen LogP contribution < -0.4 is 11.1 Å². The third-order valence-electron chi connectivity index (χ3n) is 3.08. The number of nitrogen functional groups attached to an aromatic ring is 1. The molecular weight excluding hydrogens is 301 g/mol. The van der Waals surface area contributed by atoms with Gasteiger partial charge in [-0.2, -0.15) is 0 Å². The number of carbonyl (C=O) groups excluding carboxylic acids is 1. The van der Waals surface area contributed by atoms with Gasteiger partial charge in [-0.3, -0.25) is 4.79 Å². The number of hydrogen-bond donors (Lipinski definition) is 2. The third kappa shape index (κ3) is 2.96. The number of nitrogens with one attached hydrogen (secondary N) is 1. The first-order chi connectivity index (χ1) is 10.6. The minimum atomic E-state index is -0.380. The van der Waals surface area contributed by atoms with Crippen LogP contribution >= 0.6 is 11.3 Å². The number of amides is 1. The van der Waals surface area contributed by atoms with Crippen LogP contribution in [0, 0.1) is 5.82 Å². The highest BCUT2D eigenvalue weighted by atomic mass is 32.1. The molecule has 1 heterocycles. The van der Waals surface area contributed by atoms with Crippen molar-refractivity contribution < 1.29 is 9.18 Å². The lowest BCUT2D eigenvalue weighted by Crippen LogP contribution is -2.12. The molecule has 0 aliphatic rings. The fraction of sp³-hybridized carbons (Fsp3) is 0. The number of anilines is 2. The zero-order valence-electron chi connectivity index (χ0n) is 11.4. The van der Waals surface area contributed by atoms with Gasteiger partial charge in [-0.25, -0.2) is 9.37 Å². The van der Waals surface area contributed by atoms with Gasteiger partial charge in [-0.05, 0) is 30.3 Å². The van der Waals surface area contributed by atoms with E-state index in [4.69, 9.17) is 5.73 Å². The number of para-hydroxylation sites is 1. The first-order valence-corrected chi connectivity index (χ1v) is 7.39. The van der Waals surface area contributed by atoms with Crippen molar-refractivity contribution in [3.8, 4) is 11.3 Å². The maximum atomic E-state index is 12.9. The zero-order valence-corrected chi connectivity index (χ0v) is 12.2. The smallest absolute Gasteiger partial charge is 0.255 e. The van der Waals surface area contributed by atoms with E-state index >= 15 is 0 Å². The molecule has 6 heteroatoms. The minimum Gasteiger partial charge on any atom is -0.375 e. The van der Waals surface area contributed by atoms with E-state index in [1.165, 1.54) is 35.6 Å². The van der Waals surface area contributed by atoms with Gasteiger partial charge in [0.15, 0.2) is 5.13 Å². The molecule has 0 spiro atoms. The molecule has 0 unspecified atom stereocenters. The van der Waals surface area contributed by atoms with Gasteiger partial charge >= 0.3 is 0 Å². The van der Waals surface area contributed by atoms with E-state index in [0.29, 0.717) is 22.1 Å². The number of hydrogen-bond acceptors (Lipinski definition) is 4. The molecule has 1 amide bonds. The summed E-state index contributed by atoms with van der Waals surface area (Å²) in [5.74, 6) is -0.689. The number of carbonyl (C=O) groups is 1. The Labute approximate surface area is 130 Å². The van der Waals surface area contributed by atoms with Crippen LogP contribution in [0.3, 0.4) is 0 Å². The normalized spacial score (nSPS) is 10.4. The van der Waals surface area contributed by atoms with E-state index in [1.54, 1.807) is 6.07 Å². The molecule has 0 saturated heterocycles. The second-order valence-electron chi connectivity index (χ2n) is 4.58. The molecule has 110 valence electrons. The summed E-state index contributed by atoms with van der Waals surface area (Å²) in [6.45, 7) is 0. The monoisotopic (exact) mass is 313 g/mol. The molecule has 4 nitrogen and oxygen atoms in total. The van der Waals surface area contributed by atoms with Crippen LogP contribution in [0.4, 0.5) is 15.2 Å². The van der Waals surface area contributed by atoms with Crippen molar-refractivity contribution >= 4 is 28.1 Å². The van der Waals surface area contributed by atoms with Gasteiger partial charge in [0, 0.05) is 16.5 Å². The summed E-state index contributed by atoms with van der Waals surface area (Å²) < 4.78 is 12.9. The van der Waals surface area contributed by atoms with Gasteiger partial charge in [0.25, 0.3) is 5.91 Å². The summed E-state index contributed by atoms with van der Waals surface area (Å²) in [6, 6.07) is 12.7. The lowest BCUT2D eigenvalue weighted by atomic mass is 10.1. The van der Waals surface area contributed by atoms with Gasteiger partial charge in [-0.15, -0.1) is 11.3 Å². The fourth-order valence-electron chi connectivity index (χ4n) is 2.02. The standard InChI is InChI=1S/C16H12FN3OS/c17-11-7-5-10(6-8-11)15(21)19-13-4-2-1-3-12(13)14-9-22-16(18)20-14/h1-9H,(H2,18,20)(H,19,21). The molecule has 22 heavy (non-hydrogen) atoms. The Bertz CT molecular complexity index is 814. The van der Waals surface area contributed by atoms with Crippen LogP contribution in [0.1, 0.15) is 10.4 Å². The number of halogens is 1. The fourth-order valence-corrected chi connectivity index (χ4v) is 2.59. The molecule has 0 aliphatic carbocycles. The van der Waals surface area contributed by atoms with Crippen LogP contribution in [0.15, 0.2) is 53.9 Å². The molecule has 0 bridgehead atoms. The van der Waals surface area contributed by atoms with Gasteiger partial charge in [-0.1, -0.05) is 18.2 Å². The Morgan fingerprint density at radius 1 is 1.14 bits per heavy atom. The summed E-state index contributed by atoms with van der Waals surface area (Å²) in [6.07, 6.45) is 0. The van der Waals surface area contributed by atoms with Crippen molar-refractivity contribution in [3.63, 3.8) is 0 Å². The Balaban J connectivity index is 1.89. The van der Waals surface area contributed by atoms with Gasteiger partial charge < -0.3 is 11.1 Å². The van der Waals surface area contributed by atoms with Crippen molar-refractivity contribution in [2.45, 2.75) is 0 Å². The number of nitrogens with zero attached hydrogens (tertiary/aromatic N) is 1. The highest BCUT2D eigenvalue weighted by Crippen LogP contribution is 2.29. The lowest BCUT2D eigenvalue weighted by Gasteiger charge is -2.09. The van der Waals surface area contributed by atoms with E-state index in [2.05, 4.69) is 10.3 Å². The molecule has 0 saturated carbocycles. The molecular formula is C16H12FN3OS. The Kier molecular flexibility index (Phi) is 3.84. The summed E-state index contributed by atoms with van der Waals surface area (Å²) in [4.78, 5) is 16.5. The minimum absolute atomic E-state index is 0.310. The largest absolute Gasteiger partial charge is 0.375 e. The quantitative estimate of drug-likeness (QED) is 0.773. The van der Waals surface area contributed by atoms with Crippen LogP contribution in [0.2, 0.25) is 0 Å². The van der Waals surface area contributed by atoms with E-state index in [9.17, 15) is 9.18 Å². The van der Waals surface area contributed by atoms with E-state index in [0.717, 1.165) is 5.56 Å². The Morgan fingerprint density at radius 2 is 1.86 bits per heavy atom. The SMILES string of the molecule is Nc1nc(-c2ccccc2NC(=O)c2ccc(F)cc2)cs1. The number of rotatable bonds is 3. The van der Waals surface area contributed by atoms with E-state index in [1.807, 2.05) is 23.6 Å². The first kappa shape index (κ1) is 14.2. The maximum Gasteiger partial charge on any atom is 0.255 e. The second kappa shape index (κ2) is 5.95. The van der Waals surface area contributed by atoms with Crippen LogP contribution in [0.5, 0.6) is 0 Å². The topological polar surface area (TPSA) is 68.0 Å². The van der Waals surface area contributed by atoms with E-state index < -0.39 is 0 Å². The molecule has 3 N–H and O–H groups in total. The summed E-state index contributed by atoms with van der Waals surface area (Å²) in [5.41, 5.74) is 8.16. The zero-order chi connectivity index (χ0) is 15.5. The number of aromatic nitrogens is 1. The lowest BCUT2D eigenvalue weighted by molar-refractivity contribution is 0.102. The summed E-state index contributed by atoms with van der Waals surface area (Å²) in [7, 11) is 0. The molecule has 0 fully saturated rings. The maximum absolute atomic E-state index is 12.9. The van der Waals surface area contributed by atoms with Gasteiger partial charge in [0.1, 0.15) is 5.82 Å². The Morgan fingerprint density at radius 3 is 2.55 bits per heavy atom. The molecule has 1 aromatic heterocycles. The summed E-state index contributed by atoms with van der Waals surface area (Å²) in [5, 5.41) is 5.12. The van der Waals surface area contributed by atoms with E-state index in [-0.39, 0.29) is 11.7 Å². The second-order valence-corrected chi connectivity index (χ2v) is 5.47. The number of benzene rings is 2. The van der Waals surface area contributed by atoms with Crippen LogP contribution in [-0.4, -0.2) is 10.9 Å². The predicted molar refractivity (Wildman–Crippen MR) is 86.3 cm³/mol. The highest BCUT2D eigenvalue weighted by molar-refractivity contribution is 7.13. The molecule has 0 atom stereocenters. The van der Waals surface area contributed by atoms with Crippen LogP contribution in [0.25, 0.3) is 11.3 Å². The summed E-state index contributed by atoms with van der Waals surface area (Å²) >= 11 is 1.34. The molecule has 0 aliphatic heterocycles. The van der Waals surface area contributed by atoms with Crippen molar-refractivity contribution in [1.82, 2.24) is 4.98 Å². The predicted octanol–water partition coefficient (Wildman–Crippen LogP) is 3.78. The van der Waals surface area contributed by atoms with Crippen molar-refractivity contribution in [2.24, 2.45) is 0 Å². The average molecular weight is 313 g/mol. The average Bonchev–Trinajstić information content (AvgIpc) is 2.95. The molecule has 3 rings (SSSR count). The van der Waals surface area contributed by atoms with Crippen LogP contribution in [-0.2, 0) is 0 Å². The third-order valence-corrected chi connectivity index (χ3v) is 3.75. The highest BCUT2D eigenvalue weighted by Gasteiger charge is 2.12. The molecule has 3 aromatic rings. The van der Waals surface area contributed by atoms with Crippen molar-refractivity contribution in [1.29, 1.82) is 0 Å². The number of thiazole rings is 1. The van der Waals surface area contributed by atoms with Gasteiger partial charge in [0.05, 0.1) is 11.4 Å². The van der Waals surface area contributed by atoms with Crippen molar-refractivity contribution in [2.75, 3.05) is 11.1 Å². The Hall–Kier alpha value is -2.73. The van der Waals surface area contributed by atoms with Crippen molar-refractivity contribution in [3.05, 3.63) is 65.3 Å². The van der Waals surface area contributed by atoms with Gasteiger partial charge in [0.2, 0.25) is 0 Å².